The Hall–Kier alpha value is -2.28. The maximum absolute atomic E-state index is 11.3. The fourth-order valence-corrected chi connectivity index (χ4v) is 2.86. The number of hydrogen-bond donors (Lipinski definition) is 1. The number of esters is 2. The highest BCUT2D eigenvalue weighted by Crippen LogP contribution is 1.95. The number of Topliss-reactive ketones (excluding diaryl/α,β-unsaturated/α-hetero) is 1. The minimum Gasteiger partial charge on any atom is -0.476 e. The van der Waals surface area contributed by atoms with Crippen LogP contribution in [0.4, 0.5) is 0 Å². The standard InChI is InChI=1S/C28H50O16/c1-2-43-27(31)5-6-34-7-8-35-9-10-36-11-12-37-13-14-38-15-16-39-17-18-40-19-20-41-21-22-42-23-24-44-26(30)4-3-25(29)28(32)33/h2-24H2,1H3,(H,32,33). The van der Waals surface area contributed by atoms with Gasteiger partial charge in [-0.25, -0.2) is 4.79 Å². The van der Waals surface area contributed by atoms with Crippen molar-refractivity contribution >= 4 is 23.7 Å². The van der Waals surface area contributed by atoms with E-state index < -0.39 is 17.7 Å². The molecular formula is C28H50O16. The van der Waals surface area contributed by atoms with Crippen LogP contribution in [0, 0.1) is 0 Å². The van der Waals surface area contributed by atoms with E-state index >= 15 is 0 Å². The Bertz CT molecular complexity index is 705. The number of rotatable bonds is 35. The van der Waals surface area contributed by atoms with Crippen LogP contribution in [-0.2, 0) is 71.3 Å². The van der Waals surface area contributed by atoms with Gasteiger partial charge in [-0.05, 0) is 6.92 Å². The SMILES string of the molecule is CCOC(=O)CCOCCOCCOCCOCCOCCOCCOCCOCCOCCOC(=O)CCC(=O)C(=O)O. The van der Waals surface area contributed by atoms with Crippen molar-refractivity contribution in [3.8, 4) is 0 Å². The topological polar surface area (TPSA) is 190 Å². The lowest BCUT2D eigenvalue weighted by atomic mass is 10.2. The van der Waals surface area contributed by atoms with Crippen molar-refractivity contribution in [2.24, 2.45) is 0 Å². The van der Waals surface area contributed by atoms with E-state index in [0.717, 1.165) is 0 Å². The molecule has 0 amide bonds. The lowest BCUT2D eigenvalue weighted by Gasteiger charge is -2.09. The molecule has 0 bridgehead atoms. The third-order valence-corrected chi connectivity index (χ3v) is 5.02. The summed E-state index contributed by atoms with van der Waals surface area (Å²) in [5.41, 5.74) is 0. The Morgan fingerprint density at radius 1 is 0.386 bits per heavy atom. The molecule has 0 atom stereocenters. The summed E-state index contributed by atoms with van der Waals surface area (Å²) in [6.07, 6.45) is -0.422. The smallest absolute Gasteiger partial charge is 0.372 e. The van der Waals surface area contributed by atoms with Crippen molar-refractivity contribution in [2.75, 3.05) is 132 Å². The highest BCUT2D eigenvalue weighted by Gasteiger charge is 2.14. The second-order valence-corrected chi connectivity index (χ2v) is 8.52. The average Bonchev–Trinajstić information content (AvgIpc) is 3.00. The molecule has 16 nitrogen and oxygen atoms in total. The van der Waals surface area contributed by atoms with Gasteiger partial charge < -0.3 is 57.2 Å². The van der Waals surface area contributed by atoms with Gasteiger partial charge in [-0.2, -0.15) is 0 Å². The summed E-state index contributed by atoms with van der Waals surface area (Å²) in [5, 5.41) is 8.43. The molecule has 0 spiro atoms. The molecule has 1 N–H and O–H groups in total. The molecule has 0 saturated carbocycles. The molecular weight excluding hydrogens is 592 g/mol. The van der Waals surface area contributed by atoms with Crippen molar-refractivity contribution < 1.29 is 76.4 Å². The fourth-order valence-electron chi connectivity index (χ4n) is 2.86. The maximum Gasteiger partial charge on any atom is 0.372 e. The Morgan fingerprint density at radius 2 is 0.682 bits per heavy atom. The highest BCUT2D eigenvalue weighted by atomic mass is 16.6. The summed E-state index contributed by atoms with van der Waals surface area (Å²) in [4.78, 5) is 43.7. The summed E-state index contributed by atoms with van der Waals surface area (Å²) in [6, 6.07) is 0. The molecule has 0 aliphatic carbocycles. The van der Waals surface area contributed by atoms with Crippen molar-refractivity contribution in [3.63, 3.8) is 0 Å². The first-order valence-corrected chi connectivity index (χ1v) is 14.7. The van der Waals surface area contributed by atoms with Crippen LogP contribution in [0.1, 0.15) is 26.2 Å². The van der Waals surface area contributed by atoms with E-state index in [4.69, 9.17) is 57.2 Å². The van der Waals surface area contributed by atoms with Crippen LogP contribution in [0.2, 0.25) is 0 Å². The molecule has 0 heterocycles. The van der Waals surface area contributed by atoms with Crippen molar-refractivity contribution in [1.82, 2.24) is 0 Å². The van der Waals surface area contributed by atoms with E-state index in [2.05, 4.69) is 0 Å². The summed E-state index contributed by atoms with van der Waals surface area (Å²) in [7, 11) is 0. The molecule has 16 heteroatoms. The summed E-state index contributed by atoms with van der Waals surface area (Å²) < 4.78 is 58.0. The molecule has 0 radical (unpaired) electrons. The van der Waals surface area contributed by atoms with Gasteiger partial charge in [0.05, 0.1) is 138 Å². The van der Waals surface area contributed by atoms with Gasteiger partial charge in [-0.1, -0.05) is 0 Å². The van der Waals surface area contributed by atoms with Crippen LogP contribution in [0.25, 0.3) is 0 Å². The van der Waals surface area contributed by atoms with E-state index in [0.29, 0.717) is 119 Å². The molecule has 0 aromatic carbocycles. The van der Waals surface area contributed by atoms with E-state index in [1.54, 1.807) is 6.92 Å². The van der Waals surface area contributed by atoms with Crippen LogP contribution in [0.3, 0.4) is 0 Å². The zero-order valence-electron chi connectivity index (χ0n) is 25.8. The Kier molecular flexibility index (Phi) is 31.9. The molecule has 44 heavy (non-hydrogen) atoms. The summed E-state index contributed by atoms with van der Waals surface area (Å²) in [6.45, 7) is 9.50. The van der Waals surface area contributed by atoms with E-state index in [9.17, 15) is 19.2 Å². The molecule has 0 aliphatic rings. The number of aliphatic carboxylic acids is 1. The fraction of sp³-hybridized carbons (Fsp3) is 0.857. The molecule has 0 rings (SSSR count). The maximum atomic E-state index is 11.3. The lowest BCUT2D eigenvalue weighted by molar-refractivity contribution is -0.151. The monoisotopic (exact) mass is 642 g/mol. The van der Waals surface area contributed by atoms with Gasteiger partial charge in [-0.3, -0.25) is 14.4 Å². The van der Waals surface area contributed by atoms with Crippen LogP contribution in [0.15, 0.2) is 0 Å². The molecule has 0 aliphatic heterocycles. The van der Waals surface area contributed by atoms with Gasteiger partial charge in [0.25, 0.3) is 0 Å². The predicted molar refractivity (Wildman–Crippen MR) is 151 cm³/mol. The third-order valence-electron chi connectivity index (χ3n) is 5.02. The first-order chi connectivity index (χ1) is 21.5. The number of ketones is 1. The zero-order valence-corrected chi connectivity index (χ0v) is 25.8. The Morgan fingerprint density at radius 3 is 1.00 bits per heavy atom. The van der Waals surface area contributed by atoms with Crippen LogP contribution >= 0.6 is 0 Å². The summed E-state index contributed by atoms with van der Waals surface area (Å²) >= 11 is 0. The largest absolute Gasteiger partial charge is 0.476 e. The third kappa shape index (κ3) is 32.6. The van der Waals surface area contributed by atoms with E-state index in [1.807, 2.05) is 0 Å². The minimum absolute atomic E-state index is 0.0106. The molecule has 0 aromatic heterocycles. The quantitative estimate of drug-likeness (QED) is 0.0554. The van der Waals surface area contributed by atoms with Gasteiger partial charge in [0, 0.05) is 6.42 Å². The first-order valence-electron chi connectivity index (χ1n) is 14.7. The normalized spacial score (nSPS) is 11.0. The molecule has 0 unspecified atom stereocenters. The van der Waals surface area contributed by atoms with E-state index in [1.165, 1.54) is 0 Å². The minimum atomic E-state index is -1.57. The average molecular weight is 643 g/mol. The molecule has 0 fully saturated rings. The molecule has 258 valence electrons. The van der Waals surface area contributed by atoms with Crippen LogP contribution in [0.5, 0.6) is 0 Å². The lowest BCUT2D eigenvalue weighted by Crippen LogP contribution is -2.17. The number of carbonyl (C=O) groups is 4. The van der Waals surface area contributed by atoms with Crippen LogP contribution in [-0.4, -0.2) is 161 Å². The number of carboxylic acid groups (broad SMARTS) is 1. The van der Waals surface area contributed by atoms with E-state index in [-0.39, 0.29) is 38.4 Å². The second kappa shape index (κ2) is 33.6. The Balaban J connectivity index is 3.14. The molecule has 0 aromatic rings. The van der Waals surface area contributed by atoms with Gasteiger partial charge in [0.15, 0.2) is 0 Å². The van der Waals surface area contributed by atoms with Gasteiger partial charge in [0.2, 0.25) is 5.78 Å². The van der Waals surface area contributed by atoms with Gasteiger partial charge in [0.1, 0.15) is 6.61 Å². The van der Waals surface area contributed by atoms with Gasteiger partial charge in [-0.15, -0.1) is 0 Å². The van der Waals surface area contributed by atoms with Crippen molar-refractivity contribution in [2.45, 2.75) is 26.2 Å². The molecule has 0 saturated heterocycles. The number of ether oxygens (including phenoxy) is 11. The first kappa shape index (κ1) is 41.7. The number of carbonyl (C=O) groups excluding carboxylic acids is 3. The van der Waals surface area contributed by atoms with Crippen molar-refractivity contribution in [3.05, 3.63) is 0 Å². The predicted octanol–water partition coefficient (Wildman–Crippen LogP) is 0.0661. The number of hydrogen-bond acceptors (Lipinski definition) is 15. The highest BCUT2D eigenvalue weighted by molar-refractivity contribution is 6.32. The van der Waals surface area contributed by atoms with Crippen molar-refractivity contribution in [1.29, 1.82) is 0 Å². The Labute approximate surface area is 258 Å². The zero-order chi connectivity index (χ0) is 32.4. The van der Waals surface area contributed by atoms with Crippen LogP contribution < -0.4 is 0 Å². The van der Waals surface area contributed by atoms with Gasteiger partial charge >= 0.3 is 17.9 Å². The number of carboxylic acids is 1. The second-order valence-electron chi connectivity index (χ2n) is 8.52. The summed E-state index contributed by atoms with van der Waals surface area (Å²) in [5.74, 6) is -3.51.